The Labute approximate surface area is 158 Å². The molecule has 1 aliphatic rings. The van der Waals surface area contributed by atoms with E-state index in [2.05, 4.69) is 26.8 Å². The van der Waals surface area contributed by atoms with Gasteiger partial charge < -0.3 is 0 Å². The second-order valence-electron chi connectivity index (χ2n) is 6.61. The number of pyridine rings is 2. The molecule has 0 spiro atoms. The molecule has 0 saturated heterocycles. The number of hydrogen-bond donors (Lipinski definition) is 0. The molecule has 1 aliphatic heterocycles. The molecule has 0 aliphatic carbocycles. The first kappa shape index (κ1) is 18.2. The van der Waals surface area contributed by atoms with E-state index in [1.807, 2.05) is 6.07 Å². The van der Waals surface area contributed by atoms with E-state index in [0.717, 1.165) is 0 Å². The highest BCUT2D eigenvalue weighted by molar-refractivity contribution is 5.74. The van der Waals surface area contributed by atoms with Gasteiger partial charge in [0.25, 0.3) is 5.56 Å². The van der Waals surface area contributed by atoms with Crippen molar-refractivity contribution in [3.63, 3.8) is 0 Å². The molecule has 1 unspecified atom stereocenters. The number of hydrogen-bond acceptors (Lipinski definition) is 4. The number of rotatable bonds is 0. The predicted octanol–water partition coefficient (Wildman–Crippen LogP) is 3.10. The van der Waals surface area contributed by atoms with Crippen molar-refractivity contribution in [1.29, 1.82) is 0 Å². The van der Waals surface area contributed by atoms with Gasteiger partial charge in [0.15, 0.2) is 5.52 Å². The van der Waals surface area contributed by atoms with Gasteiger partial charge in [-0.05, 0) is 37.0 Å². The van der Waals surface area contributed by atoms with Crippen LogP contribution in [0.15, 0.2) is 41.5 Å². The van der Waals surface area contributed by atoms with E-state index in [4.69, 9.17) is 0 Å². The topological polar surface area (TPSA) is 60.7 Å². The van der Waals surface area contributed by atoms with E-state index in [9.17, 15) is 18.0 Å². The van der Waals surface area contributed by atoms with E-state index >= 15 is 0 Å². The summed E-state index contributed by atoms with van der Waals surface area (Å²) in [7, 11) is 0. The van der Waals surface area contributed by atoms with Crippen molar-refractivity contribution in [2.24, 2.45) is 5.92 Å². The summed E-state index contributed by atoms with van der Waals surface area (Å²) in [6.07, 6.45) is -1.28. The maximum Gasteiger partial charge on any atom is 0.391 e. The van der Waals surface area contributed by atoms with E-state index in [-0.39, 0.29) is 31.3 Å². The fourth-order valence-corrected chi connectivity index (χ4v) is 3.27. The molecule has 0 radical (unpaired) electrons. The largest absolute Gasteiger partial charge is 0.391 e. The summed E-state index contributed by atoms with van der Waals surface area (Å²) < 4.78 is 40.5. The van der Waals surface area contributed by atoms with Crippen molar-refractivity contribution in [2.75, 3.05) is 0 Å². The second kappa shape index (κ2) is 7.08. The summed E-state index contributed by atoms with van der Waals surface area (Å²) >= 11 is 0. The molecule has 142 valence electrons. The maximum absolute atomic E-state index is 13.1. The number of alkyl halides is 3. The van der Waals surface area contributed by atoms with Crippen molar-refractivity contribution < 1.29 is 13.2 Å². The third-order valence-electron chi connectivity index (χ3n) is 4.76. The van der Waals surface area contributed by atoms with Crippen LogP contribution in [0.1, 0.15) is 29.9 Å². The van der Waals surface area contributed by atoms with Gasteiger partial charge in [0.1, 0.15) is 11.5 Å². The number of aromatic nitrogens is 4. The van der Waals surface area contributed by atoms with Gasteiger partial charge in [0.2, 0.25) is 0 Å². The SMILES string of the molecule is O=c1c2ncc(C#Cc3ccccn3)cc2nc2n1CCC(C(F)(F)F)CC2. The maximum atomic E-state index is 13.1. The summed E-state index contributed by atoms with van der Waals surface area (Å²) in [6, 6.07) is 7.01. The first-order chi connectivity index (χ1) is 13.4. The van der Waals surface area contributed by atoms with E-state index in [0.29, 0.717) is 22.6 Å². The standard InChI is InChI=1S/C20H15F3N4O/c21-20(22,23)14-5-7-17-26-16-11-13(4-6-15-3-1-2-9-24-15)12-25-18(16)19(28)27(17)10-8-14/h1-3,9,11-12,14H,5,7-8,10H2. The average Bonchev–Trinajstić information content (AvgIpc) is 2.90. The van der Waals surface area contributed by atoms with Gasteiger partial charge in [-0.1, -0.05) is 12.0 Å². The highest BCUT2D eigenvalue weighted by atomic mass is 19.4. The molecule has 0 N–H and O–H groups in total. The zero-order valence-electron chi connectivity index (χ0n) is 14.7. The lowest BCUT2D eigenvalue weighted by atomic mass is 10.00. The van der Waals surface area contributed by atoms with Crippen LogP contribution < -0.4 is 5.56 Å². The Morgan fingerprint density at radius 3 is 2.75 bits per heavy atom. The first-order valence-corrected chi connectivity index (χ1v) is 8.81. The molecule has 5 nitrogen and oxygen atoms in total. The van der Waals surface area contributed by atoms with Crippen LogP contribution in [0.4, 0.5) is 13.2 Å². The van der Waals surface area contributed by atoms with Crippen LogP contribution in [0.5, 0.6) is 0 Å². The van der Waals surface area contributed by atoms with E-state index in [1.165, 1.54) is 10.8 Å². The van der Waals surface area contributed by atoms with Gasteiger partial charge in [-0.2, -0.15) is 13.2 Å². The Bertz CT molecular complexity index is 1140. The van der Waals surface area contributed by atoms with Crippen LogP contribution in [0, 0.1) is 17.8 Å². The molecule has 4 rings (SSSR count). The van der Waals surface area contributed by atoms with Crippen LogP contribution in [0.2, 0.25) is 0 Å². The monoisotopic (exact) mass is 384 g/mol. The zero-order valence-corrected chi connectivity index (χ0v) is 14.7. The summed E-state index contributed by atoms with van der Waals surface area (Å²) in [4.78, 5) is 25.4. The number of nitrogens with zero attached hydrogens (tertiary/aromatic N) is 4. The summed E-state index contributed by atoms with van der Waals surface area (Å²) in [5.41, 5.74) is 1.21. The lowest BCUT2D eigenvalue weighted by molar-refractivity contribution is -0.177. The summed E-state index contributed by atoms with van der Waals surface area (Å²) in [5.74, 6) is 4.75. The molecule has 3 aromatic rings. The fourth-order valence-electron chi connectivity index (χ4n) is 3.27. The highest BCUT2D eigenvalue weighted by Crippen LogP contribution is 2.34. The lowest BCUT2D eigenvalue weighted by Crippen LogP contribution is -2.26. The lowest BCUT2D eigenvalue weighted by Gasteiger charge is -2.16. The van der Waals surface area contributed by atoms with Gasteiger partial charge in [-0.3, -0.25) is 9.36 Å². The smallest absolute Gasteiger partial charge is 0.295 e. The Morgan fingerprint density at radius 2 is 2.00 bits per heavy atom. The Hall–Kier alpha value is -3.21. The Balaban J connectivity index is 1.71. The fraction of sp³-hybridized carbons (Fsp3) is 0.300. The van der Waals surface area contributed by atoms with Crippen LogP contribution in [-0.2, 0) is 13.0 Å². The molecule has 0 bridgehead atoms. The zero-order chi connectivity index (χ0) is 19.7. The molecule has 0 aromatic carbocycles. The molecule has 0 saturated carbocycles. The van der Waals surface area contributed by atoms with Crippen molar-refractivity contribution in [3.8, 4) is 11.8 Å². The molecule has 1 atom stereocenters. The third-order valence-corrected chi connectivity index (χ3v) is 4.76. The van der Waals surface area contributed by atoms with E-state index in [1.54, 1.807) is 24.4 Å². The highest BCUT2D eigenvalue weighted by Gasteiger charge is 2.40. The molecule has 8 heteroatoms. The number of fused-ring (bicyclic) bond motifs is 2. The van der Waals surface area contributed by atoms with Crippen LogP contribution in [0.25, 0.3) is 11.0 Å². The second-order valence-corrected chi connectivity index (χ2v) is 6.61. The minimum Gasteiger partial charge on any atom is -0.295 e. The first-order valence-electron chi connectivity index (χ1n) is 8.81. The van der Waals surface area contributed by atoms with Gasteiger partial charge in [-0.25, -0.2) is 15.0 Å². The Kier molecular flexibility index (Phi) is 4.59. The molecule has 0 amide bonds. The van der Waals surface area contributed by atoms with Gasteiger partial charge in [-0.15, -0.1) is 0 Å². The summed E-state index contributed by atoms with van der Waals surface area (Å²) in [5, 5.41) is 0. The summed E-state index contributed by atoms with van der Waals surface area (Å²) in [6.45, 7) is -0.00973. The third kappa shape index (κ3) is 3.60. The molecule has 3 aromatic heterocycles. The van der Waals surface area contributed by atoms with Crippen molar-refractivity contribution in [2.45, 2.75) is 32.0 Å². The van der Waals surface area contributed by atoms with Crippen LogP contribution in [-0.4, -0.2) is 25.7 Å². The van der Waals surface area contributed by atoms with Crippen molar-refractivity contribution in [1.82, 2.24) is 19.5 Å². The quantitative estimate of drug-likeness (QED) is 0.559. The molecule has 28 heavy (non-hydrogen) atoms. The van der Waals surface area contributed by atoms with Gasteiger partial charge in [0.05, 0.1) is 11.4 Å². The minimum absolute atomic E-state index is 0.00973. The average molecular weight is 384 g/mol. The normalized spacial score (nSPS) is 16.8. The number of aryl methyl sites for hydroxylation is 1. The van der Waals surface area contributed by atoms with Crippen molar-refractivity contribution >= 4 is 11.0 Å². The number of halogens is 3. The van der Waals surface area contributed by atoms with Crippen molar-refractivity contribution in [3.05, 3.63) is 64.1 Å². The van der Waals surface area contributed by atoms with Crippen LogP contribution >= 0.6 is 0 Å². The minimum atomic E-state index is -4.27. The van der Waals surface area contributed by atoms with Gasteiger partial charge in [0, 0.05) is 30.9 Å². The molecule has 4 heterocycles. The predicted molar refractivity (Wildman–Crippen MR) is 96.5 cm³/mol. The molecular formula is C20H15F3N4O. The van der Waals surface area contributed by atoms with Crippen LogP contribution in [0.3, 0.4) is 0 Å². The molecular weight excluding hydrogens is 369 g/mol. The van der Waals surface area contributed by atoms with E-state index < -0.39 is 17.7 Å². The molecule has 0 fully saturated rings. The Morgan fingerprint density at radius 1 is 1.14 bits per heavy atom. The van der Waals surface area contributed by atoms with Gasteiger partial charge >= 0.3 is 6.18 Å².